The lowest BCUT2D eigenvalue weighted by atomic mass is 10.2. The fourth-order valence-electron chi connectivity index (χ4n) is 3.22. The van der Waals surface area contributed by atoms with Crippen molar-refractivity contribution < 1.29 is 33.0 Å². The van der Waals surface area contributed by atoms with Crippen LogP contribution in [0.2, 0.25) is 0 Å². The minimum atomic E-state index is -4.27. The molecule has 0 radical (unpaired) electrons. The van der Waals surface area contributed by atoms with Crippen molar-refractivity contribution in [1.82, 2.24) is 14.6 Å². The molecule has 1 saturated heterocycles. The summed E-state index contributed by atoms with van der Waals surface area (Å²) in [5.74, 6) is -0.520. The maximum atomic E-state index is 13.6. The summed E-state index contributed by atoms with van der Waals surface area (Å²) < 4.78 is 34.3. The Labute approximate surface area is 216 Å². The lowest BCUT2D eigenvalue weighted by Gasteiger charge is -2.25. The third-order valence-corrected chi connectivity index (χ3v) is 7.38. The number of nitrogens with zero attached hydrogens (tertiary/aromatic N) is 1. The SMILES string of the molecule is CC(C)OC(=O)C(C)NP(=O)(OCC1OC(n2ccc(=O)[nH]c2=O)C(Cl)(Cl)C1O)Oc1ccccc1. The third kappa shape index (κ3) is 6.77. The molecule has 198 valence electrons. The van der Waals surface area contributed by atoms with Gasteiger partial charge in [0.15, 0.2) is 10.6 Å². The number of carbonyl (C=O) groups excluding carboxylic acids is 1. The van der Waals surface area contributed by atoms with Crippen molar-refractivity contribution >= 4 is 36.9 Å². The summed E-state index contributed by atoms with van der Waals surface area (Å²) >= 11 is 12.6. The Morgan fingerprint density at radius 1 is 1.25 bits per heavy atom. The van der Waals surface area contributed by atoms with Crippen molar-refractivity contribution in [3.63, 3.8) is 0 Å². The number of aliphatic hydroxyl groups is 1. The molecule has 3 rings (SSSR count). The fourth-order valence-corrected chi connectivity index (χ4v) is 5.32. The summed E-state index contributed by atoms with van der Waals surface area (Å²) in [5, 5.41) is 13.2. The van der Waals surface area contributed by atoms with E-state index in [1.807, 2.05) is 4.98 Å². The Kier molecular flexibility index (Phi) is 9.05. The van der Waals surface area contributed by atoms with Crippen molar-refractivity contribution in [3.05, 3.63) is 63.4 Å². The molecule has 15 heteroatoms. The molecule has 0 spiro atoms. The van der Waals surface area contributed by atoms with Crippen LogP contribution in [0.4, 0.5) is 0 Å². The van der Waals surface area contributed by atoms with Crippen LogP contribution in [0.1, 0.15) is 27.0 Å². The number of esters is 1. The van der Waals surface area contributed by atoms with Gasteiger partial charge in [0.1, 0.15) is 24.0 Å². The summed E-state index contributed by atoms with van der Waals surface area (Å²) in [5.41, 5.74) is -1.52. The minimum Gasteiger partial charge on any atom is -0.462 e. The number of H-pyrrole nitrogens is 1. The van der Waals surface area contributed by atoms with Crippen LogP contribution >= 0.6 is 30.9 Å². The molecule has 1 fully saturated rings. The van der Waals surface area contributed by atoms with Gasteiger partial charge in [-0.05, 0) is 32.9 Å². The molecule has 2 heterocycles. The molecule has 5 atom stereocenters. The molecule has 5 unspecified atom stereocenters. The third-order valence-electron chi connectivity index (χ3n) is 4.92. The Hall–Kier alpha value is -2.18. The van der Waals surface area contributed by atoms with Gasteiger partial charge in [0, 0.05) is 12.3 Å². The van der Waals surface area contributed by atoms with Crippen molar-refractivity contribution in [2.24, 2.45) is 0 Å². The van der Waals surface area contributed by atoms with E-state index in [0.717, 1.165) is 16.8 Å². The van der Waals surface area contributed by atoms with Crippen LogP contribution in [0.15, 0.2) is 52.2 Å². The number of para-hydroxylation sites is 1. The van der Waals surface area contributed by atoms with E-state index in [4.69, 9.17) is 41.7 Å². The van der Waals surface area contributed by atoms with Crippen LogP contribution in [0.3, 0.4) is 0 Å². The summed E-state index contributed by atoms with van der Waals surface area (Å²) in [6.45, 7) is 4.17. The molecular weight excluding hydrogens is 540 g/mol. The van der Waals surface area contributed by atoms with E-state index < -0.39 is 66.5 Å². The van der Waals surface area contributed by atoms with Crippen molar-refractivity contribution in [2.45, 2.75) is 55.7 Å². The summed E-state index contributed by atoms with van der Waals surface area (Å²) in [6.07, 6.45) is -3.62. The maximum absolute atomic E-state index is 13.6. The zero-order valence-corrected chi connectivity index (χ0v) is 21.9. The molecule has 0 amide bonds. The van der Waals surface area contributed by atoms with Crippen molar-refractivity contribution in [3.8, 4) is 5.75 Å². The number of nitrogens with one attached hydrogen (secondary N) is 2. The van der Waals surface area contributed by atoms with Gasteiger partial charge >= 0.3 is 19.4 Å². The first-order valence-corrected chi connectivity index (χ1v) is 13.1. The zero-order valence-electron chi connectivity index (χ0n) is 19.5. The van der Waals surface area contributed by atoms with Crippen LogP contribution < -0.4 is 20.9 Å². The molecule has 1 aliphatic rings. The smallest absolute Gasteiger partial charge is 0.459 e. The Bertz CT molecular complexity index is 1220. The van der Waals surface area contributed by atoms with E-state index in [-0.39, 0.29) is 5.75 Å². The average molecular weight is 566 g/mol. The molecule has 36 heavy (non-hydrogen) atoms. The number of alkyl halides is 2. The number of hydrogen-bond acceptors (Lipinski definition) is 9. The number of benzene rings is 1. The first-order valence-electron chi connectivity index (χ1n) is 10.8. The number of carbonyl (C=O) groups is 1. The number of ether oxygens (including phenoxy) is 2. The second-order valence-electron chi connectivity index (χ2n) is 8.20. The standard InChI is InChI=1S/C21H26Cl2N3O9P/c1-12(2)33-18(29)13(3)25-36(31,35-14-7-5-4-6-8-14)32-11-15-17(28)21(22,23)19(34-15)26-10-9-16(27)24-20(26)30/h4-10,12-13,15,17,19,28H,11H2,1-3H3,(H,25,31)(H,24,27,30). The Balaban J connectivity index is 1.80. The number of halogens is 2. The molecule has 3 N–H and O–H groups in total. The highest BCUT2D eigenvalue weighted by Crippen LogP contribution is 2.49. The van der Waals surface area contributed by atoms with Gasteiger partial charge in [0.05, 0.1) is 12.7 Å². The van der Waals surface area contributed by atoms with Crippen LogP contribution in [-0.4, -0.2) is 55.9 Å². The highest BCUT2D eigenvalue weighted by molar-refractivity contribution is 7.52. The summed E-state index contributed by atoms with van der Waals surface area (Å²) in [4.78, 5) is 37.9. The Morgan fingerprint density at radius 3 is 2.53 bits per heavy atom. The molecule has 1 aliphatic heterocycles. The van der Waals surface area contributed by atoms with Crippen LogP contribution in [0.5, 0.6) is 5.75 Å². The topological polar surface area (TPSA) is 158 Å². The maximum Gasteiger partial charge on any atom is 0.459 e. The lowest BCUT2D eigenvalue weighted by Crippen LogP contribution is -2.41. The molecule has 1 aromatic heterocycles. The van der Waals surface area contributed by atoms with E-state index in [9.17, 15) is 24.1 Å². The van der Waals surface area contributed by atoms with Crippen LogP contribution in [0, 0.1) is 0 Å². The second kappa shape index (κ2) is 11.5. The van der Waals surface area contributed by atoms with E-state index in [1.54, 1.807) is 32.0 Å². The number of aromatic nitrogens is 2. The van der Waals surface area contributed by atoms with Gasteiger partial charge in [-0.1, -0.05) is 41.4 Å². The quantitative estimate of drug-likeness (QED) is 0.221. The highest BCUT2D eigenvalue weighted by atomic mass is 35.5. The number of aromatic amines is 1. The predicted molar refractivity (Wildman–Crippen MR) is 130 cm³/mol. The zero-order chi connectivity index (χ0) is 26.7. The first-order chi connectivity index (χ1) is 16.8. The van der Waals surface area contributed by atoms with Crippen molar-refractivity contribution in [2.75, 3.05) is 6.61 Å². The fraction of sp³-hybridized carbons (Fsp3) is 0.476. The van der Waals surface area contributed by atoms with Gasteiger partial charge in [-0.25, -0.2) is 9.36 Å². The molecule has 1 aromatic carbocycles. The molecular formula is C21H26Cl2N3O9P. The lowest BCUT2D eigenvalue weighted by molar-refractivity contribution is -0.149. The molecule has 0 saturated carbocycles. The first kappa shape index (κ1) is 28.4. The molecule has 12 nitrogen and oxygen atoms in total. The summed E-state index contributed by atoms with van der Waals surface area (Å²) in [6, 6.07) is 8.01. The van der Waals surface area contributed by atoms with Gasteiger partial charge in [-0.2, -0.15) is 5.09 Å². The average Bonchev–Trinajstić information content (AvgIpc) is 3.01. The molecule has 0 bridgehead atoms. The molecule has 0 aliphatic carbocycles. The van der Waals surface area contributed by atoms with Gasteiger partial charge in [-0.3, -0.25) is 23.7 Å². The van der Waals surface area contributed by atoms with E-state index in [1.165, 1.54) is 19.1 Å². The van der Waals surface area contributed by atoms with Crippen LogP contribution in [-0.2, 0) is 23.4 Å². The number of rotatable bonds is 10. The van der Waals surface area contributed by atoms with Gasteiger partial charge in [0.2, 0.25) is 0 Å². The van der Waals surface area contributed by atoms with Gasteiger partial charge in [-0.15, -0.1) is 0 Å². The summed E-state index contributed by atoms with van der Waals surface area (Å²) in [7, 11) is -4.27. The largest absolute Gasteiger partial charge is 0.462 e. The Morgan fingerprint density at radius 2 is 1.92 bits per heavy atom. The second-order valence-corrected chi connectivity index (χ2v) is 11.3. The van der Waals surface area contributed by atoms with Crippen LogP contribution in [0.25, 0.3) is 0 Å². The van der Waals surface area contributed by atoms with E-state index in [0.29, 0.717) is 0 Å². The van der Waals surface area contributed by atoms with Gasteiger partial charge < -0.3 is 19.1 Å². The number of aliphatic hydroxyl groups excluding tert-OH is 1. The monoisotopic (exact) mass is 565 g/mol. The van der Waals surface area contributed by atoms with Crippen molar-refractivity contribution in [1.29, 1.82) is 0 Å². The minimum absolute atomic E-state index is 0.173. The van der Waals surface area contributed by atoms with E-state index in [2.05, 4.69) is 5.09 Å². The molecule has 2 aromatic rings. The number of hydrogen-bond donors (Lipinski definition) is 3. The highest BCUT2D eigenvalue weighted by Gasteiger charge is 2.56. The van der Waals surface area contributed by atoms with E-state index >= 15 is 0 Å². The predicted octanol–water partition coefficient (Wildman–Crippen LogP) is 2.10. The van der Waals surface area contributed by atoms with Gasteiger partial charge in [0.25, 0.3) is 5.56 Å². The normalized spacial score (nSPS) is 23.7.